The summed E-state index contributed by atoms with van der Waals surface area (Å²) in [6.07, 6.45) is 3.65. The predicted molar refractivity (Wildman–Crippen MR) is 83.1 cm³/mol. The van der Waals surface area contributed by atoms with E-state index in [1.165, 1.54) is 37.4 Å². The maximum Gasteiger partial charge on any atom is 0.251 e. The van der Waals surface area contributed by atoms with Gasteiger partial charge < -0.3 is 4.43 Å². The molecule has 0 aliphatic heterocycles. The molecule has 0 saturated carbocycles. The van der Waals surface area contributed by atoms with E-state index >= 15 is 0 Å². The van der Waals surface area contributed by atoms with Crippen LogP contribution < -0.4 is 4.43 Å². The molecule has 0 saturated heterocycles. The molecule has 0 spiro atoms. The van der Waals surface area contributed by atoms with E-state index in [0.717, 1.165) is 10.8 Å². The normalized spacial score (nSPS) is 11.6. The van der Waals surface area contributed by atoms with E-state index in [1.807, 2.05) is 24.3 Å². The number of benzene rings is 1. The highest BCUT2D eigenvalue weighted by Gasteiger charge is 2.34. The molecular formula is C15H25ClOSi. The molecule has 0 N–H and O–H groups in total. The van der Waals surface area contributed by atoms with Crippen LogP contribution >= 0.6 is 11.6 Å². The standard InChI is InChI=1S/C15H25ClOSi/c1-4-10-18(11-5-2,12-6-3)17-15-9-7-8-14(16)13-15/h7-9,13H,4-6,10-12H2,1-3H3. The second-order valence-electron chi connectivity index (χ2n) is 4.99. The van der Waals surface area contributed by atoms with E-state index in [2.05, 4.69) is 20.8 Å². The molecule has 3 heteroatoms. The maximum atomic E-state index is 6.46. The van der Waals surface area contributed by atoms with Gasteiger partial charge in [0.15, 0.2) is 0 Å². The monoisotopic (exact) mass is 284 g/mol. The van der Waals surface area contributed by atoms with Gasteiger partial charge in [0.25, 0.3) is 8.32 Å². The summed E-state index contributed by atoms with van der Waals surface area (Å²) in [5.74, 6) is 0.963. The van der Waals surface area contributed by atoms with Crippen LogP contribution in [0.1, 0.15) is 40.0 Å². The lowest BCUT2D eigenvalue weighted by atomic mass is 10.3. The van der Waals surface area contributed by atoms with Crippen molar-refractivity contribution >= 4 is 19.9 Å². The molecule has 0 fully saturated rings. The van der Waals surface area contributed by atoms with Crippen molar-refractivity contribution in [1.29, 1.82) is 0 Å². The zero-order chi connectivity index (χ0) is 13.4. The molecule has 1 aromatic carbocycles. The second kappa shape index (κ2) is 7.85. The van der Waals surface area contributed by atoms with E-state index in [-0.39, 0.29) is 0 Å². The predicted octanol–water partition coefficient (Wildman–Crippen LogP) is 5.89. The van der Waals surface area contributed by atoms with Gasteiger partial charge in [0.05, 0.1) is 0 Å². The van der Waals surface area contributed by atoms with Crippen molar-refractivity contribution in [1.82, 2.24) is 0 Å². The zero-order valence-electron chi connectivity index (χ0n) is 11.8. The van der Waals surface area contributed by atoms with Crippen molar-refractivity contribution < 1.29 is 4.43 Å². The van der Waals surface area contributed by atoms with Crippen LogP contribution in [0.4, 0.5) is 0 Å². The number of rotatable bonds is 8. The van der Waals surface area contributed by atoms with Crippen LogP contribution in [0.5, 0.6) is 5.75 Å². The molecule has 1 aromatic rings. The Bertz CT molecular complexity index is 337. The minimum atomic E-state index is -1.62. The van der Waals surface area contributed by atoms with Crippen molar-refractivity contribution in [3.63, 3.8) is 0 Å². The Hall–Kier alpha value is -0.473. The number of halogens is 1. The fraction of sp³-hybridized carbons (Fsp3) is 0.600. The smallest absolute Gasteiger partial charge is 0.251 e. The molecule has 102 valence electrons. The first-order valence-corrected chi connectivity index (χ1v) is 10.0. The van der Waals surface area contributed by atoms with Crippen molar-refractivity contribution in [3.05, 3.63) is 29.3 Å². The summed E-state index contributed by atoms with van der Waals surface area (Å²) in [5.41, 5.74) is 0. The summed E-state index contributed by atoms with van der Waals surface area (Å²) in [4.78, 5) is 0. The third-order valence-electron chi connectivity index (χ3n) is 3.25. The Morgan fingerprint density at radius 3 is 2.00 bits per heavy atom. The zero-order valence-corrected chi connectivity index (χ0v) is 13.6. The molecule has 0 radical (unpaired) electrons. The average molecular weight is 285 g/mol. The van der Waals surface area contributed by atoms with Crippen LogP contribution in [0.25, 0.3) is 0 Å². The largest absolute Gasteiger partial charge is 0.543 e. The first-order chi connectivity index (χ1) is 8.65. The van der Waals surface area contributed by atoms with Gasteiger partial charge in [-0.1, -0.05) is 57.7 Å². The molecule has 1 nitrogen and oxygen atoms in total. The highest BCUT2D eigenvalue weighted by atomic mass is 35.5. The van der Waals surface area contributed by atoms with Gasteiger partial charge in [0, 0.05) is 5.02 Å². The van der Waals surface area contributed by atoms with Crippen molar-refractivity contribution in [2.24, 2.45) is 0 Å². The molecule has 0 aromatic heterocycles. The summed E-state index contributed by atoms with van der Waals surface area (Å²) >= 11 is 6.04. The minimum absolute atomic E-state index is 0.764. The Balaban J connectivity index is 2.87. The fourth-order valence-corrected chi connectivity index (χ4v) is 7.27. The van der Waals surface area contributed by atoms with Gasteiger partial charge >= 0.3 is 0 Å². The molecule has 0 atom stereocenters. The van der Waals surface area contributed by atoms with Crippen LogP contribution in [0.3, 0.4) is 0 Å². The summed E-state index contributed by atoms with van der Waals surface area (Å²) in [5, 5.41) is 0.764. The van der Waals surface area contributed by atoms with E-state index in [1.54, 1.807) is 0 Å². The lowest BCUT2D eigenvalue weighted by molar-refractivity contribution is 0.519. The molecule has 0 unspecified atom stereocenters. The van der Waals surface area contributed by atoms with Crippen LogP contribution in [0.2, 0.25) is 23.2 Å². The summed E-state index contributed by atoms with van der Waals surface area (Å²) < 4.78 is 6.46. The van der Waals surface area contributed by atoms with E-state index < -0.39 is 8.32 Å². The highest BCUT2D eigenvalue weighted by molar-refractivity contribution is 6.74. The van der Waals surface area contributed by atoms with Gasteiger partial charge in [0.1, 0.15) is 5.75 Å². The topological polar surface area (TPSA) is 9.23 Å². The van der Waals surface area contributed by atoms with Gasteiger partial charge in [0.2, 0.25) is 0 Å². The van der Waals surface area contributed by atoms with Crippen molar-refractivity contribution in [3.8, 4) is 5.75 Å². The third-order valence-corrected chi connectivity index (χ3v) is 8.38. The van der Waals surface area contributed by atoms with Gasteiger partial charge in [-0.3, -0.25) is 0 Å². The second-order valence-corrected chi connectivity index (χ2v) is 9.50. The van der Waals surface area contributed by atoms with Crippen molar-refractivity contribution in [2.75, 3.05) is 0 Å². The first kappa shape index (κ1) is 15.6. The molecule has 0 aliphatic carbocycles. The highest BCUT2D eigenvalue weighted by Crippen LogP contribution is 2.30. The molecule has 0 bridgehead atoms. The van der Waals surface area contributed by atoms with Gasteiger partial charge in [-0.15, -0.1) is 0 Å². The van der Waals surface area contributed by atoms with E-state index in [0.29, 0.717) is 0 Å². The Morgan fingerprint density at radius 2 is 1.56 bits per heavy atom. The maximum absolute atomic E-state index is 6.46. The van der Waals surface area contributed by atoms with Crippen LogP contribution in [-0.4, -0.2) is 8.32 Å². The molecular weight excluding hydrogens is 260 g/mol. The molecule has 18 heavy (non-hydrogen) atoms. The summed E-state index contributed by atoms with van der Waals surface area (Å²) in [6.45, 7) is 6.78. The fourth-order valence-electron chi connectivity index (χ4n) is 2.68. The van der Waals surface area contributed by atoms with Gasteiger partial charge in [-0.2, -0.15) is 0 Å². The lowest BCUT2D eigenvalue weighted by Crippen LogP contribution is -2.41. The SMILES string of the molecule is CCC[Si](CCC)(CCC)Oc1cccc(Cl)c1. The number of hydrogen-bond donors (Lipinski definition) is 0. The summed E-state index contributed by atoms with van der Waals surface area (Å²) in [7, 11) is -1.62. The molecule has 1 rings (SSSR count). The molecule has 0 aliphatic rings. The van der Waals surface area contributed by atoms with E-state index in [9.17, 15) is 0 Å². The van der Waals surface area contributed by atoms with Crippen LogP contribution in [-0.2, 0) is 0 Å². The Kier molecular flexibility index (Phi) is 6.80. The number of hydrogen-bond acceptors (Lipinski definition) is 1. The Morgan fingerprint density at radius 1 is 1.00 bits per heavy atom. The minimum Gasteiger partial charge on any atom is -0.543 e. The molecule has 0 amide bonds. The van der Waals surface area contributed by atoms with Crippen LogP contribution in [0.15, 0.2) is 24.3 Å². The third kappa shape index (κ3) is 4.66. The van der Waals surface area contributed by atoms with Crippen LogP contribution in [0, 0.1) is 0 Å². The average Bonchev–Trinajstić information content (AvgIpc) is 2.30. The summed E-state index contributed by atoms with van der Waals surface area (Å²) in [6, 6.07) is 11.6. The van der Waals surface area contributed by atoms with Gasteiger partial charge in [-0.05, 0) is 36.3 Å². The first-order valence-electron chi connectivity index (χ1n) is 7.10. The lowest BCUT2D eigenvalue weighted by Gasteiger charge is -2.31. The molecule has 0 heterocycles. The van der Waals surface area contributed by atoms with E-state index in [4.69, 9.17) is 16.0 Å². The van der Waals surface area contributed by atoms with Gasteiger partial charge in [-0.25, -0.2) is 0 Å². The van der Waals surface area contributed by atoms with Crippen molar-refractivity contribution in [2.45, 2.75) is 58.2 Å². The Labute approximate surface area is 118 Å². The quantitative estimate of drug-likeness (QED) is 0.541.